The smallest absolute Gasteiger partial charge is 0.306 e. The predicted molar refractivity (Wildman–Crippen MR) is 96.5 cm³/mol. The lowest BCUT2D eigenvalue weighted by atomic mass is 10.2. The minimum absolute atomic E-state index is 0.161. The van der Waals surface area contributed by atoms with E-state index in [0.717, 1.165) is 5.56 Å². The molecule has 0 aliphatic carbocycles. The number of hydrogen-bond donors (Lipinski definition) is 1. The molecule has 128 valence electrons. The summed E-state index contributed by atoms with van der Waals surface area (Å²) in [5.41, 5.74) is 1.38. The zero-order chi connectivity index (χ0) is 17.6. The summed E-state index contributed by atoms with van der Waals surface area (Å²) in [6, 6.07) is 14.3. The van der Waals surface area contributed by atoms with Crippen LogP contribution in [-0.2, 0) is 22.6 Å². The number of benzene rings is 2. The summed E-state index contributed by atoms with van der Waals surface area (Å²) in [6.45, 7) is 0.223. The number of carbonyl (C=O) groups is 1. The molecule has 3 aromatic rings. The predicted octanol–water partition coefficient (Wildman–Crippen LogP) is 3.64. The quantitative estimate of drug-likeness (QED) is 0.684. The summed E-state index contributed by atoms with van der Waals surface area (Å²) in [7, 11) is 0. The third kappa shape index (κ3) is 4.67. The highest BCUT2D eigenvalue weighted by molar-refractivity contribution is 6.30. The maximum atomic E-state index is 12.0. The first-order valence-electron chi connectivity index (χ1n) is 8.00. The van der Waals surface area contributed by atoms with Gasteiger partial charge in [-0.3, -0.25) is 9.59 Å². The van der Waals surface area contributed by atoms with Gasteiger partial charge in [0.1, 0.15) is 12.4 Å². The van der Waals surface area contributed by atoms with Gasteiger partial charge in [-0.05, 0) is 36.2 Å². The molecule has 0 unspecified atom stereocenters. The van der Waals surface area contributed by atoms with Gasteiger partial charge in [0.2, 0.25) is 0 Å². The van der Waals surface area contributed by atoms with Crippen molar-refractivity contribution < 1.29 is 9.53 Å². The average molecular weight is 357 g/mol. The average Bonchev–Trinajstić information content (AvgIpc) is 2.61. The number of H-pyrrole nitrogens is 1. The molecule has 0 bridgehead atoms. The number of carbonyl (C=O) groups excluding carboxylic acids is 1. The Bertz CT molecular complexity index is 935. The summed E-state index contributed by atoms with van der Waals surface area (Å²) in [6.07, 6.45) is 1.33. The second-order valence-electron chi connectivity index (χ2n) is 5.67. The van der Waals surface area contributed by atoms with E-state index in [9.17, 15) is 9.59 Å². The van der Waals surface area contributed by atoms with Crippen molar-refractivity contribution in [1.82, 2.24) is 9.97 Å². The fourth-order valence-corrected chi connectivity index (χ4v) is 2.60. The topological polar surface area (TPSA) is 72.0 Å². The molecule has 0 amide bonds. The van der Waals surface area contributed by atoms with Gasteiger partial charge in [-0.2, -0.15) is 0 Å². The Labute approximate surface area is 149 Å². The Morgan fingerprint density at radius 2 is 1.88 bits per heavy atom. The van der Waals surface area contributed by atoms with Crippen LogP contribution in [0.3, 0.4) is 0 Å². The molecule has 0 spiro atoms. The number of hydrogen-bond acceptors (Lipinski definition) is 4. The van der Waals surface area contributed by atoms with Crippen LogP contribution in [0.4, 0.5) is 0 Å². The molecule has 0 aliphatic rings. The fourth-order valence-electron chi connectivity index (χ4n) is 2.47. The molecular weight excluding hydrogens is 340 g/mol. The molecule has 6 heteroatoms. The van der Waals surface area contributed by atoms with Crippen molar-refractivity contribution in [3.05, 3.63) is 75.3 Å². The second-order valence-corrected chi connectivity index (χ2v) is 6.11. The van der Waals surface area contributed by atoms with Crippen molar-refractivity contribution in [3.63, 3.8) is 0 Å². The number of fused-ring (bicyclic) bond motifs is 1. The molecule has 3 rings (SSSR count). The van der Waals surface area contributed by atoms with E-state index in [1.807, 2.05) is 18.2 Å². The largest absolute Gasteiger partial charge is 0.461 e. The van der Waals surface area contributed by atoms with Crippen LogP contribution in [-0.4, -0.2) is 15.9 Å². The first-order valence-corrected chi connectivity index (χ1v) is 8.37. The molecule has 25 heavy (non-hydrogen) atoms. The van der Waals surface area contributed by atoms with Crippen LogP contribution in [0, 0.1) is 0 Å². The van der Waals surface area contributed by atoms with E-state index < -0.39 is 0 Å². The Balaban J connectivity index is 1.50. The summed E-state index contributed by atoms with van der Waals surface area (Å²) < 4.78 is 5.23. The van der Waals surface area contributed by atoms with Crippen molar-refractivity contribution in [1.29, 1.82) is 0 Å². The molecule has 0 atom stereocenters. The van der Waals surface area contributed by atoms with Crippen LogP contribution in [0.25, 0.3) is 10.9 Å². The molecule has 1 N–H and O–H groups in total. The van der Waals surface area contributed by atoms with Gasteiger partial charge in [-0.15, -0.1) is 0 Å². The van der Waals surface area contributed by atoms with E-state index in [2.05, 4.69) is 9.97 Å². The maximum Gasteiger partial charge on any atom is 0.306 e. The lowest BCUT2D eigenvalue weighted by molar-refractivity contribution is -0.145. The Morgan fingerprint density at radius 1 is 1.12 bits per heavy atom. The van der Waals surface area contributed by atoms with Crippen molar-refractivity contribution in [2.45, 2.75) is 25.9 Å². The molecule has 5 nitrogen and oxygen atoms in total. The monoisotopic (exact) mass is 356 g/mol. The normalized spacial score (nSPS) is 10.8. The molecule has 1 aromatic heterocycles. The zero-order valence-corrected chi connectivity index (χ0v) is 14.3. The third-order valence-electron chi connectivity index (χ3n) is 3.77. The van der Waals surface area contributed by atoms with Gasteiger partial charge in [0.25, 0.3) is 5.56 Å². The SMILES string of the molecule is O=C(CCCc1nc2ccccc2c(=O)[nH]1)OCc1ccc(Cl)cc1. The van der Waals surface area contributed by atoms with Gasteiger partial charge >= 0.3 is 5.97 Å². The standard InChI is InChI=1S/C19H17ClN2O3/c20-14-10-8-13(9-11-14)12-25-18(23)7-3-6-17-21-16-5-2-1-4-15(16)19(24)22-17/h1-2,4-5,8-11H,3,6-7,12H2,(H,21,22,24). The molecule has 0 radical (unpaired) electrons. The molecule has 0 saturated carbocycles. The lowest BCUT2D eigenvalue weighted by Crippen LogP contribution is -2.12. The number of nitrogens with zero attached hydrogens (tertiary/aromatic N) is 1. The molecule has 2 aromatic carbocycles. The van der Waals surface area contributed by atoms with E-state index in [-0.39, 0.29) is 24.6 Å². The van der Waals surface area contributed by atoms with Crippen molar-refractivity contribution in [2.24, 2.45) is 0 Å². The van der Waals surface area contributed by atoms with E-state index in [0.29, 0.717) is 34.6 Å². The highest BCUT2D eigenvalue weighted by atomic mass is 35.5. The second kappa shape index (κ2) is 7.94. The minimum Gasteiger partial charge on any atom is -0.461 e. The van der Waals surface area contributed by atoms with Gasteiger partial charge in [0.15, 0.2) is 0 Å². The molecule has 1 heterocycles. The van der Waals surface area contributed by atoms with E-state index in [1.165, 1.54) is 0 Å². The molecule has 0 aliphatic heterocycles. The Hall–Kier alpha value is -2.66. The molecular formula is C19H17ClN2O3. The van der Waals surface area contributed by atoms with Crippen LogP contribution in [0.5, 0.6) is 0 Å². The van der Waals surface area contributed by atoms with Crippen molar-refractivity contribution >= 4 is 28.5 Å². The summed E-state index contributed by atoms with van der Waals surface area (Å²) >= 11 is 5.81. The number of aromatic amines is 1. The van der Waals surface area contributed by atoms with Crippen LogP contribution in [0.1, 0.15) is 24.2 Å². The van der Waals surface area contributed by atoms with Crippen LogP contribution in [0.2, 0.25) is 5.02 Å². The third-order valence-corrected chi connectivity index (χ3v) is 4.02. The van der Waals surface area contributed by atoms with Gasteiger partial charge < -0.3 is 9.72 Å². The molecule has 0 saturated heterocycles. The number of para-hydroxylation sites is 1. The first kappa shape index (κ1) is 17.2. The van der Waals surface area contributed by atoms with Gasteiger partial charge in [0.05, 0.1) is 10.9 Å². The Morgan fingerprint density at radius 3 is 2.68 bits per heavy atom. The summed E-state index contributed by atoms with van der Waals surface area (Å²) in [5, 5.41) is 1.21. The summed E-state index contributed by atoms with van der Waals surface area (Å²) in [4.78, 5) is 31.0. The van der Waals surface area contributed by atoms with Crippen LogP contribution >= 0.6 is 11.6 Å². The zero-order valence-electron chi connectivity index (χ0n) is 13.5. The van der Waals surface area contributed by atoms with E-state index in [1.54, 1.807) is 30.3 Å². The lowest BCUT2D eigenvalue weighted by Gasteiger charge is -2.05. The van der Waals surface area contributed by atoms with Crippen molar-refractivity contribution in [2.75, 3.05) is 0 Å². The number of aryl methyl sites for hydroxylation is 1. The Kier molecular flexibility index (Phi) is 5.46. The van der Waals surface area contributed by atoms with Crippen molar-refractivity contribution in [3.8, 4) is 0 Å². The van der Waals surface area contributed by atoms with Gasteiger partial charge in [-0.25, -0.2) is 4.98 Å². The van der Waals surface area contributed by atoms with Crippen LogP contribution < -0.4 is 5.56 Å². The summed E-state index contributed by atoms with van der Waals surface area (Å²) in [5.74, 6) is 0.298. The number of ether oxygens (including phenoxy) is 1. The van der Waals surface area contributed by atoms with Gasteiger partial charge in [-0.1, -0.05) is 35.9 Å². The fraction of sp³-hybridized carbons (Fsp3) is 0.211. The van der Waals surface area contributed by atoms with Gasteiger partial charge in [0, 0.05) is 17.9 Å². The number of esters is 1. The number of aromatic nitrogens is 2. The van der Waals surface area contributed by atoms with Crippen LogP contribution in [0.15, 0.2) is 53.3 Å². The van der Waals surface area contributed by atoms with E-state index in [4.69, 9.17) is 16.3 Å². The number of halogens is 1. The minimum atomic E-state index is -0.280. The highest BCUT2D eigenvalue weighted by Gasteiger charge is 2.07. The highest BCUT2D eigenvalue weighted by Crippen LogP contribution is 2.11. The first-order chi connectivity index (χ1) is 12.1. The number of nitrogens with one attached hydrogen (secondary N) is 1. The maximum absolute atomic E-state index is 12.0. The molecule has 0 fully saturated rings. The number of rotatable bonds is 6. The van der Waals surface area contributed by atoms with E-state index >= 15 is 0 Å².